The van der Waals surface area contributed by atoms with Gasteiger partial charge in [-0.25, -0.2) is 0 Å². The highest BCUT2D eigenvalue weighted by molar-refractivity contribution is 8.18. The lowest BCUT2D eigenvalue weighted by Gasteiger charge is -2.18. The summed E-state index contributed by atoms with van der Waals surface area (Å²) in [6, 6.07) is 11.6. The van der Waals surface area contributed by atoms with Gasteiger partial charge in [-0.1, -0.05) is 23.7 Å². The van der Waals surface area contributed by atoms with Gasteiger partial charge in [0.15, 0.2) is 0 Å². The van der Waals surface area contributed by atoms with Gasteiger partial charge in [-0.2, -0.15) is 8.42 Å². The van der Waals surface area contributed by atoms with Gasteiger partial charge in [-0.15, -0.1) is 0 Å². The first-order valence-corrected chi connectivity index (χ1v) is 12.7. The SMILES string of the molecule is O=C(CN1C(=O)S/C(=C\c2ccc(OS(=O)(=O)c3ccc(Cl)cc3)cc2)C1=O)N1CCCC1. The van der Waals surface area contributed by atoms with Crippen LogP contribution in [0.4, 0.5) is 4.79 Å². The van der Waals surface area contributed by atoms with Crippen LogP contribution in [0, 0.1) is 0 Å². The summed E-state index contributed by atoms with van der Waals surface area (Å²) >= 11 is 6.55. The molecule has 0 radical (unpaired) electrons. The number of likely N-dealkylation sites (tertiary alicyclic amines) is 1. The molecule has 33 heavy (non-hydrogen) atoms. The van der Waals surface area contributed by atoms with Gasteiger partial charge < -0.3 is 9.08 Å². The van der Waals surface area contributed by atoms with Gasteiger partial charge in [0.25, 0.3) is 11.1 Å². The van der Waals surface area contributed by atoms with Crippen LogP contribution in [-0.2, 0) is 19.7 Å². The molecule has 172 valence electrons. The Kier molecular flexibility index (Phi) is 6.78. The Morgan fingerprint density at radius 3 is 2.30 bits per heavy atom. The Morgan fingerprint density at radius 1 is 1.03 bits per heavy atom. The fourth-order valence-electron chi connectivity index (χ4n) is 3.39. The van der Waals surface area contributed by atoms with Crippen molar-refractivity contribution in [3.63, 3.8) is 0 Å². The molecule has 0 bridgehead atoms. The van der Waals surface area contributed by atoms with Crippen molar-refractivity contribution >= 4 is 56.6 Å². The number of nitrogens with zero attached hydrogens (tertiary/aromatic N) is 2. The summed E-state index contributed by atoms with van der Waals surface area (Å²) in [7, 11) is -4.03. The van der Waals surface area contributed by atoms with Crippen molar-refractivity contribution in [3.8, 4) is 5.75 Å². The number of halogens is 1. The van der Waals surface area contributed by atoms with E-state index < -0.39 is 21.3 Å². The normalized spacial score (nSPS) is 17.8. The number of amides is 3. The first kappa shape index (κ1) is 23.3. The Labute approximate surface area is 200 Å². The number of carbonyl (C=O) groups excluding carboxylic acids is 3. The van der Waals surface area contributed by atoms with E-state index in [2.05, 4.69) is 0 Å². The maximum absolute atomic E-state index is 12.6. The van der Waals surface area contributed by atoms with Crippen molar-refractivity contribution in [1.82, 2.24) is 9.80 Å². The molecule has 2 aromatic carbocycles. The van der Waals surface area contributed by atoms with E-state index in [1.165, 1.54) is 42.5 Å². The quantitative estimate of drug-likeness (QED) is 0.434. The van der Waals surface area contributed by atoms with Gasteiger partial charge in [-0.05, 0) is 72.6 Å². The van der Waals surface area contributed by atoms with Crippen LogP contribution in [0.2, 0.25) is 5.02 Å². The molecular formula is C22H19ClN2O6S2. The van der Waals surface area contributed by atoms with Gasteiger partial charge in [0.2, 0.25) is 5.91 Å². The van der Waals surface area contributed by atoms with Crippen molar-refractivity contribution in [3.05, 3.63) is 64.0 Å². The molecule has 0 aromatic heterocycles. The van der Waals surface area contributed by atoms with E-state index in [9.17, 15) is 22.8 Å². The molecule has 2 heterocycles. The molecule has 2 aliphatic heterocycles. The minimum atomic E-state index is -4.03. The first-order chi connectivity index (χ1) is 15.7. The number of rotatable bonds is 6. The molecule has 8 nitrogen and oxygen atoms in total. The van der Waals surface area contributed by atoms with Crippen molar-refractivity contribution in [2.24, 2.45) is 0 Å². The van der Waals surface area contributed by atoms with Crippen molar-refractivity contribution in [2.45, 2.75) is 17.7 Å². The van der Waals surface area contributed by atoms with E-state index in [1.54, 1.807) is 17.0 Å². The monoisotopic (exact) mass is 506 g/mol. The average molecular weight is 507 g/mol. The third-order valence-electron chi connectivity index (χ3n) is 5.11. The van der Waals surface area contributed by atoms with Crippen LogP contribution in [0.1, 0.15) is 18.4 Å². The van der Waals surface area contributed by atoms with Crippen LogP contribution in [0.5, 0.6) is 5.75 Å². The van der Waals surface area contributed by atoms with Crippen LogP contribution >= 0.6 is 23.4 Å². The molecule has 0 saturated carbocycles. The van der Waals surface area contributed by atoms with E-state index in [1.807, 2.05) is 0 Å². The molecule has 0 unspecified atom stereocenters. The summed E-state index contributed by atoms with van der Waals surface area (Å²) in [6.07, 6.45) is 3.37. The molecule has 2 saturated heterocycles. The Balaban J connectivity index is 1.43. The molecule has 0 aliphatic carbocycles. The highest BCUT2D eigenvalue weighted by atomic mass is 35.5. The predicted molar refractivity (Wildman–Crippen MR) is 124 cm³/mol. The van der Waals surface area contributed by atoms with Gasteiger partial charge >= 0.3 is 10.1 Å². The fraction of sp³-hybridized carbons (Fsp3) is 0.227. The zero-order chi connectivity index (χ0) is 23.6. The van der Waals surface area contributed by atoms with E-state index in [4.69, 9.17) is 15.8 Å². The van der Waals surface area contributed by atoms with Gasteiger partial charge in [0.1, 0.15) is 17.2 Å². The van der Waals surface area contributed by atoms with E-state index in [-0.39, 0.29) is 28.0 Å². The van der Waals surface area contributed by atoms with Crippen molar-refractivity contribution in [2.75, 3.05) is 19.6 Å². The average Bonchev–Trinajstić information content (AvgIpc) is 3.40. The van der Waals surface area contributed by atoms with E-state index in [0.717, 1.165) is 29.5 Å². The summed E-state index contributed by atoms with van der Waals surface area (Å²) < 4.78 is 29.9. The van der Waals surface area contributed by atoms with E-state index in [0.29, 0.717) is 23.7 Å². The van der Waals surface area contributed by atoms with Crippen LogP contribution < -0.4 is 4.18 Å². The van der Waals surface area contributed by atoms with Crippen LogP contribution in [0.15, 0.2) is 58.3 Å². The molecule has 2 aromatic rings. The lowest BCUT2D eigenvalue weighted by atomic mass is 10.2. The summed E-state index contributed by atoms with van der Waals surface area (Å²) in [5, 5.41) is -0.0871. The molecule has 3 amide bonds. The number of thioether (sulfide) groups is 1. The molecule has 11 heteroatoms. The third kappa shape index (κ3) is 5.40. The molecule has 0 atom stereocenters. The summed E-state index contributed by atoms with van der Waals surface area (Å²) in [4.78, 5) is 40.0. The fourth-order valence-corrected chi connectivity index (χ4v) is 5.28. The number of benzene rings is 2. The third-order valence-corrected chi connectivity index (χ3v) is 7.53. The molecular weight excluding hydrogens is 488 g/mol. The maximum atomic E-state index is 12.6. The topological polar surface area (TPSA) is 101 Å². The number of imide groups is 1. The lowest BCUT2D eigenvalue weighted by Crippen LogP contribution is -2.40. The predicted octanol–water partition coefficient (Wildman–Crippen LogP) is 3.77. The largest absolute Gasteiger partial charge is 0.379 e. The van der Waals surface area contributed by atoms with E-state index >= 15 is 0 Å². The number of hydrogen-bond acceptors (Lipinski definition) is 7. The standard InChI is InChI=1S/C22H19ClN2O6S2/c23-16-5-9-18(10-6-16)33(29,30)31-17-7-3-15(4-8-17)13-19-21(27)25(22(28)32-19)14-20(26)24-11-1-2-12-24/h3-10,13H,1-2,11-12,14H2/b19-13-. The zero-order valence-corrected chi connectivity index (χ0v) is 19.7. The summed E-state index contributed by atoms with van der Waals surface area (Å²) in [5.41, 5.74) is 0.572. The second kappa shape index (κ2) is 9.58. The van der Waals surface area contributed by atoms with Crippen molar-refractivity contribution in [1.29, 1.82) is 0 Å². The summed E-state index contributed by atoms with van der Waals surface area (Å²) in [5.74, 6) is -0.672. The van der Waals surface area contributed by atoms with Crippen LogP contribution in [-0.4, -0.2) is 54.9 Å². The van der Waals surface area contributed by atoms with Crippen LogP contribution in [0.25, 0.3) is 6.08 Å². The second-order valence-corrected chi connectivity index (χ2v) is 10.4. The Morgan fingerprint density at radius 2 is 1.67 bits per heavy atom. The minimum Gasteiger partial charge on any atom is -0.379 e. The smallest absolute Gasteiger partial charge is 0.339 e. The minimum absolute atomic E-state index is 0.0341. The number of carbonyl (C=O) groups is 3. The van der Waals surface area contributed by atoms with Gasteiger partial charge in [0, 0.05) is 18.1 Å². The zero-order valence-electron chi connectivity index (χ0n) is 17.3. The Hall–Kier alpha value is -2.82. The number of hydrogen-bond donors (Lipinski definition) is 0. The summed E-state index contributed by atoms with van der Waals surface area (Å²) in [6.45, 7) is 1.03. The second-order valence-electron chi connectivity index (χ2n) is 7.42. The highest BCUT2D eigenvalue weighted by Gasteiger charge is 2.37. The van der Waals surface area contributed by atoms with Crippen molar-refractivity contribution < 1.29 is 27.0 Å². The first-order valence-electron chi connectivity index (χ1n) is 10.1. The molecule has 0 N–H and O–H groups in total. The maximum Gasteiger partial charge on any atom is 0.339 e. The lowest BCUT2D eigenvalue weighted by molar-refractivity contribution is -0.135. The highest BCUT2D eigenvalue weighted by Crippen LogP contribution is 2.32. The molecule has 4 rings (SSSR count). The molecule has 2 aliphatic rings. The van der Waals surface area contributed by atoms with Crippen LogP contribution in [0.3, 0.4) is 0 Å². The Bertz CT molecular complexity index is 1220. The van der Waals surface area contributed by atoms with Gasteiger partial charge in [0.05, 0.1) is 4.91 Å². The molecule has 2 fully saturated rings. The van der Waals surface area contributed by atoms with Gasteiger partial charge in [-0.3, -0.25) is 19.3 Å². The molecule has 0 spiro atoms.